The smallest absolute Gasteiger partial charge is 0.337 e. The van der Waals surface area contributed by atoms with E-state index in [1.54, 1.807) is 0 Å². The fraction of sp³-hybridized carbons (Fsp3) is 1.00. The molecule has 80 valence electrons. The van der Waals surface area contributed by atoms with Crippen LogP contribution in [-0.2, 0) is 4.74 Å². The van der Waals surface area contributed by atoms with E-state index in [2.05, 4.69) is 4.74 Å². The van der Waals surface area contributed by atoms with Gasteiger partial charge in [0.1, 0.15) is 0 Å². The largest absolute Gasteiger partial charge is 0.415 e. The molecule has 0 saturated carbocycles. The molecule has 1 nitrogen and oxygen atoms in total. The molecule has 0 amide bonds. The third-order valence-corrected chi connectivity index (χ3v) is 1.05. The highest BCUT2D eigenvalue weighted by Gasteiger charge is 2.47. The standard InChI is InChI=1S/C5H5F7O/c6-2-13-3(5(10,11)12)1-4(7,8)9/h3H,1-2H2. The van der Waals surface area contributed by atoms with Crippen LogP contribution < -0.4 is 0 Å². The minimum Gasteiger partial charge on any atom is -0.337 e. The summed E-state index contributed by atoms with van der Waals surface area (Å²) >= 11 is 0. The van der Waals surface area contributed by atoms with Gasteiger partial charge in [-0.25, -0.2) is 4.39 Å². The summed E-state index contributed by atoms with van der Waals surface area (Å²) in [6, 6.07) is 0. The fourth-order valence-corrected chi connectivity index (χ4v) is 0.555. The summed E-state index contributed by atoms with van der Waals surface area (Å²) in [6.07, 6.45) is -15.6. The highest BCUT2D eigenvalue weighted by molar-refractivity contribution is 4.71. The van der Waals surface area contributed by atoms with Crippen molar-refractivity contribution in [2.45, 2.75) is 24.9 Å². The lowest BCUT2D eigenvalue weighted by molar-refractivity contribution is -0.262. The van der Waals surface area contributed by atoms with Crippen LogP contribution in [0.4, 0.5) is 30.7 Å². The van der Waals surface area contributed by atoms with E-state index in [-0.39, 0.29) is 0 Å². The van der Waals surface area contributed by atoms with Gasteiger partial charge in [-0.15, -0.1) is 0 Å². The summed E-state index contributed by atoms with van der Waals surface area (Å²) in [4.78, 5) is 0. The average Bonchev–Trinajstić information content (AvgIpc) is 1.81. The van der Waals surface area contributed by atoms with Gasteiger partial charge in [0, 0.05) is 0 Å². The molecular formula is C5H5F7O. The second-order valence-electron chi connectivity index (χ2n) is 2.13. The number of rotatable bonds is 3. The molecule has 0 radical (unpaired) electrons. The Bertz CT molecular complexity index is 148. The molecule has 8 heteroatoms. The van der Waals surface area contributed by atoms with Gasteiger partial charge in [0.15, 0.2) is 13.0 Å². The van der Waals surface area contributed by atoms with Crippen molar-refractivity contribution >= 4 is 0 Å². The molecule has 0 aromatic heterocycles. The van der Waals surface area contributed by atoms with Crippen LogP contribution in [0.2, 0.25) is 0 Å². The van der Waals surface area contributed by atoms with Gasteiger partial charge in [-0.05, 0) is 0 Å². The Kier molecular flexibility index (Phi) is 3.95. The van der Waals surface area contributed by atoms with Gasteiger partial charge in [0.25, 0.3) is 0 Å². The number of hydrogen-bond donors (Lipinski definition) is 0. The van der Waals surface area contributed by atoms with Crippen LogP contribution in [0.1, 0.15) is 6.42 Å². The lowest BCUT2D eigenvalue weighted by Crippen LogP contribution is -2.35. The first-order valence-corrected chi connectivity index (χ1v) is 2.98. The molecule has 0 bridgehead atoms. The number of alkyl halides is 7. The molecule has 1 unspecified atom stereocenters. The van der Waals surface area contributed by atoms with Crippen LogP contribution in [0.15, 0.2) is 0 Å². The molecule has 0 heterocycles. The zero-order chi connectivity index (χ0) is 10.7. The maximum Gasteiger partial charge on any atom is 0.415 e. The van der Waals surface area contributed by atoms with Gasteiger partial charge in [-0.2, -0.15) is 26.3 Å². The van der Waals surface area contributed by atoms with Crippen molar-refractivity contribution in [1.29, 1.82) is 0 Å². The van der Waals surface area contributed by atoms with Crippen molar-refractivity contribution in [3.63, 3.8) is 0 Å². The van der Waals surface area contributed by atoms with E-state index in [9.17, 15) is 30.7 Å². The summed E-state index contributed by atoms with van der Waals surface area (Å²) < 4.78 is 83.8. The quantitative estimate of drug-likeness (QED) is 0.656. The van der Waals surface area contributed by atoms with Crippen LogP contribution in [0.3, 0.4) is 0 Å². The first kappa shape index (κ1) is 12.5. The Morgan fingerprint density at radius 2 is 1.46 bits per heavy atom. The van der Waals surface area contributed by atoms with E-state index in [4.69, 9.17) is 0 Å². The summed E-state index contributed by atoms with van der Waals surface area (Å²) in [6.45, 7) is -1.90. The van der Waals surface area contributed by atoms with Gasteiger partial charge in [0.05, 0.1) is 6.42 Å². The second kappa shape index (κ2) is 4.12. The highest BCUT2D eigenvalue weighted by Crippen LogP contribution is 2.32. The van der Waals surface area contributed by atoms with Crippen molar-refractivity contribution in [2.24, 2.45) is 0 Å². The average molecular weight is 214 g/mol. The van der Waals surface area contributed by atoms with Gasteiger partial charge in [-0.3, -0.25) is 0 Å². The molecule has 0 aromatic rings. The molecule has 13 heavy (non-hydrogen) atoms. The first-order chi connectivity index (χ1) is 5.67. The normalized spacial score (nSPS) is 15.9. The molecule has 1 atom stereocenters. The second-order valence-corrected chi connectivity index (χ2v) is 2.13. The van der Waals surface area contributed by atoms with Crippen molar-refractivity contribution in [3.8, 4) is 0 Å². The Labute approximate surface area is 68.5 Å². The van der Waals surface area contributed by atoms with Crippen LogP contribution in [-0.4, -0.2) is 25.3 Å². The topological polar surface area (TPSA) is 9.23 Å². The zero-order valence-corrected chi connectivity index (χ0v) is 6.05. The van der Waals surface area contributed by atoms with E-state index >= 15 is 0 Å². The third kappa shape index (κ3) is 5.67. The molecule has 0 rings (SSSR count). The van der Waals surface area contributed by atoms with Gasteiger partial charge < -0.3 is 4.74 Å². The Hall–Kier alpha value is -0.530. The van der Waals surface area contributed by atoms with Crippen molar-refractivity contribution in [2.75, 3.05) is 6.86 Å². The van der Waals surface area contributed by atoms with Crippen LogP contribution in [0.25, 0.3) is 0 Å². The van der Waals surface area contributed by atoms with Crippen molar-refractivity contribution in [3.05, 3.63) is 0 Å². The summed E-state index contributed by atoms with van der Waals surface area (Å²) in [7, 11) is 0. The minimum atomic E-state index is -5.21. The highest BCUT2D eigenvalue weighted by atomic mass is 19.4. The predicted octanol–water partition coefficient (Wildman–Crippen LogP) is 2.81. The molecule has 0 saturated heterocycles. The van der Waals surface area contributed by atoms with Crippen LogP contribution in [0.5, 0.6) is 0 Å². The summed E-state index contributed by atoms with van der Waals surface area (Å²) in [5, 5.41) is 0. The third-order valence-electron chi connectivity index (χ3n) is 1.05. The molecule has 0 aromatic carbocycles. The fourth-order valence-electron chi connectivity index (χ4n) is 0.555. The molecule has 0 spiro atoms. The molecule has 0 aliphatic rings. The monoisotopic (exact) mass is 214 g/mol. The molecule has 0 N–H and O–H groups in total. The number of hydrogen-bond acceptors (Lipinski definition) is 1. The van der Waals surface area contributed by atoms with E-state index in [1.165, 1.54) is 0 Å². The molecular weight excluding hydrogens is 209 g/mol. The molecule has 0 aliphatic heterocycles. The molecule has 0 fully saturated rings. The number of halogens is 7. The van der Waals surface area contributed by atoms with Gasteiger partial charge in [0.2, 0.25) is 0 Å². The molecule has 0 aliphatic carbocycles. The van der Waals surface area contributed by atoms with Crippen LogP contribution >= 0.6 is 0 Å². The lowest BCUT2D eigenvalue weighted by Gasteiger charge is -2.20. The van der Waals surface area contributed by atoms with Gasteiger partial charge >= 0.3 is 12.4 Å². The summed E-state index contributed by atoms with van der Waals surface area (Å²) in [5.41, 5.74) is 0. The Morgan fingerprint density at radius 1 is 1.00 bits per heavy atom. The zero-order valence-electron chi connectivity index (χ0n) is 6.05. The Morgan fingerprint density at radius 3 is 1.69 bits per heavy atom. The van der Waals surface area contributed by atoms with E-state index < -0.39 is 31.7 Å². The number of ether oxygens (including phenoxy) is 1. The van der Waals surface area contributed by atoms with E-state index in [1.807, 2.05) is 0 Å². The SMILES string of the molecule is FCOC(CC(F)(F)F)C(F)(F)F. The van der Waals surface area contributed by atoms with Gasteiger partial charge in [-0.1, -0.05) is 0 Å². The predicted molar refractivity (Wildman–Crippen MR) is 27.6 cm³/mol. The maximum atomic E-state index is 11.6. The van der Waals surface area contributed by atoms with E-state index in [0.717, 1.165) is 0 Å². The Balaban J connectivity index is 4.27. The maximum absolute atomic E-state index is 11.6. The lowest BCUT2D eigenvalue weighted by atomic mass is 10.2. The first-order valence-electron chi connectivity index (χ1n) is 2.98. The van der Waals surface area contributed by atoms with Crippen molar-refractivity contribution < 1.29 is 35.5 Å². The minimum absolute atomic E-state index is 1.90. The summed E-state index contributed by atoms with van der Waals surface area (Å²) in [5.74, 6) is 0. The van der Waals surface area contributed by atoms with Crippen LogP contribution in [0, 0.1) is 0 Å². The van der Waals surface area contributed by atoms with E-state index in [0.29, 0.717) is 0 Å². The van der Waals surface area contributed by atoms with Crippen molar-refractivity contribution in [1.82, 2.24) is 0 Å².